The van der Waals surface area contributed by atoms with E-state index in [-0.39, 0.29) is 11.9 Å². The van der Waals surface area contributed by atoms with Gasteiger partial charge in [-0.1, -0.05) is 0 Å². The smallest absolute Gasteiger partial charge is 0.228 e. The van der Waals surface area contributed by atoms with Crippen LogP contribution in [0.5, 0.6) is 5.88 Å². The van der Waals surface area contributed by atoms with Crippen LogP contribution in [0.3, 0.4) is 0 Å². The van der Waals surface area contributed by atoms with Gasteiger partial charge in [0.2, 0.25) is 11.8 Å². The topological polar surface area (TPSA) is 67.3 Å². The molecule has 0 N–H and O–H groups in total. The largest absolute Gasteiger partial charge is 0.481 e. The first-order valence-corrected chi connectivity index (χ1v) is 8.10. The van der Waals surface area contributed by atoms with E-state index in [1.165, 1.54) is 12.5 Å². The highest BCUT2D eigenvalue weighted by molar-refractivity contribution is 5.44. The number of anilines is 2. The quantitative estimate of drug-likeness (QED) is 0.845. The highest BCUT2D eigenvalue weighted by atomic mass is 19.1. The molecular weight excluding hydrogens is 311 g/mol. The van der Waals surface area contributed by atoms with E-state index in [1.54, 1.807) is 19.4 Å². The van der Waals surface area contributed by atoms with Crippen molar-refractivity contribution >= 4 is 11.8 Å². The molecule has 2 unspecified atom stereocenters. The maximum Gasteiger partial charge on any atom is 0.228 e. The Morgan fingerprint density at radius 3 is 2.96 bits per heavy atom. The van der Waals surface area contributed by atoms with Crippen molar-refractivity contribution in [2.75, 3.05) is 36.5 Å². The summed E-state index contributed by atoms with van der Waals surface area (Å²) in [5.74, 6) is 1.77. The first-order valence-electron chi connectivity index (χ1n) is 8.10. The summed E-state index contributed by atoms with van der Waals surface area (Å²) >= 11 is 0. The highest BCUT2D eigenvalue weighted by Gasteiger charge is 2.40. The third kappa shape index (κ3) is 2.61. The van der Waals surface area contributed by atoms with Gasteiger partial charge in [-0.15, -0.1) is 0 Å². The lowest BCUT2D eigenvalue weighted by molar-refractivity contribution is 0.378. The van der Waals surface area contributed by atoms with Crippen molar-refractivity contribution in [3.63, 3.8) is 0 Å². The van der Waals surface area contributed by atoms with Crippen molar-refractivity contribution in [2.45, 2.75) is 18.9 Å². The van der Waals surface area contributed by atoms with Crippen LogP contribution in [0.15, 0.2) is 24.8 Å². The summed E-state index contributed by atoms with van der Waals surface area (Å²) < 4.78 is 19.3. The molecule has 2 aliphatic rings. The number of ether oxygens (including phenoxy) is 1. The molecule has 0 saturated carbocycles. The third-order valence-corrected chi connectivity index (χ3v) is 4.89. The van der Waals surface area contributed by atoms with Crippen molar-refractivity contribution in [2.24, 2.45) is 5.92 Å². The van der Waals surface area contributed by atoms with Crippen molar-refractivity contribution in [1.82, 2.24) is 19.9 Å². The molecule has 2 aliphatic heterocycles. The second-order valence-electron chi connectivity index (χ2n) is 6.14. The van der Waals surface area contributed by atoms with Crippen molar-refractivity contribution in [3.8, 4) is 5.88 Å². The zero-order chi connectivity index (χ0) is 16.5. The lowest BCUT2D eigenvalue weighted by Crippen LogP contribution is -2.49. The van der Waals surface area contributed by atoms with Crippen LogP contribution in [-0.2, 0) is 0 Å². The SMILES string of the molecule is COc1ccnc(N2CCC3CCN(c4ncncc4F)C3C2)n1. The Balaban J connectivity index is 1.58. The summed E-state index contributed by atoms with van der Waals surface area (Å²) in [5, 5.41) is 0. The van der Waals surface area contributed by atoms with Gasteiger partial charge in [0.1, 0.15) is 6.33 Å². The van der Waals surface area contributed by atoms with Gasteiger partial charge in [-0.3, -0.25) is 0 Å². The number of halogens is 1. The Morgan fingerprint density at radius 2 is 2.12 bits per heavy atom. The molecule has 0 bridgehead atoms. The van der Waals surface area contributed by atoms with Crippen LogP contribution in [0, 0.1) is 11.7 Å². The number of rotatable bonds is 3. The van der Waals surface area contributed by atoms with Gasteiger partial charge < -0.3 is 14.5 Å². The van der Waals surface area contributed by atoms with Gasteiger partial charge in [-0.2, -0.15) is 4.98 Å². The summed E-state index contributed by atoms with van der Waals surface area (Å²) in [7, 11) is 1.59. The molecule has 2 fully saturated rings. The van der Waals surface area contributed by atoms with Crippen LogP contribution in [0.2, 0.25) is 0 Å². The molecule has 4 rings (SSSR count). The van der Waals surface area contributed by atoms with E-state index in [2.05, 4.69) is 29.7 Å². The molecule has 0 radical (unpaired) electrons. The van der Waals surface area contributed by atoms with Crippen molar-refractivity contribution in [3.05, 3.63) is 30.6 Å². The van der Waals surface area contributed by atoms with E-state index in [1.807, 2.05) is 0 Å². The fourth-order valence-corrected chi connectivity index (χ4v) is 3.70. The third-order valence-electron chi connectivity index (χ3n) is 4.89. The minimum absolute atomic E-state index is 0.206. The molecule has 2 atom stereocenters. The Bertz CT molecular complexity index is 729. The number of aromatic nitrogens is 4. The molecule has 0 aromatic carbocycles. The molecule has 2 aromatic rings. The normalized spacial score (nSPS) is 23.2. The number of nitrogens with zero attached hydrogens (tertiary/aromatic N) is 6. The minimum atomic E-state index is -0.368. The van der Waals surface area contributed by atoms with E-state index < -0.39 is 0 Å². The minimum Gasteiger partial charge on any atom is -0.481 e. The highest BCUT2D eigenvalue weighted by Crippen LogP contribution is 2.35. The van der Waals surface area contributed by atoms with E-state index in [4.69, 9.17) is 4.74 Å². The second-order valence-corrected chi connectivity index (χ2v) is 6.14. The standard InChI is InChI=1S/C16H19FN6O/c1-24-14-2-5-19-16(21-14)22-6-3-11-4-7-23(13(11)9-22)15-12(17)8-18-10-20-15/h2,5,8,10-11,13H,3-4,6-7,9H2,1H3. The lowest BCUT2D eigenvalue weighted by atomic mass is 9.92. The monoisotopic (exact) mass is 330 g/mol. The predicted octanol–water partition coefficient (Wildman–Crippen LogP) is 1.52. The maximum absolute atomic E-state index is 14.1. The van der Waals surface area contributed by atoms with Crippen LogP contribution in [0.1, 0.15) is 12.8 Å². The fraction of sp³-hybridized carbons (Fsp3) is 0.500. The Hall–Kier alpha value is -2.51. The first kappa shape index (κ1) is 15.0. The molecule has 4 heterocycles. The van der Waals surface area contributed by atoms with Crippen LogP contribution in [-0.4, -0.2) is 52.7 Å². The van der Waals surface area contributed by atoms with Crippen LogP contribution < -0.4 is 14.5 Å². The van der Waals surface area contributed by atoms with Gasteiger partial charge in [-0.25, -0.2) is 19.3 Å². The molecule has 8 heteroatoms. The van der Waals surface area contributed by atoms with Gasteiger partial charge in [0, 0.05) is 31.9 Å². The zero-order valence-electron chi connectivity index (χ0n) is 13.5. The summed E-state index contributed by atoms with van der Waals surface area (Å²) in [6.07, 6.45) is 6.41. The average Bonchev–Trinajstić information content (AvgIpc) is 3.05. The van der Waals surface area contributed by atoms with Gasteiger partial charge in [0.05, 0.1) is 19.3 Å². The average molecular weight is 330 g/mol. The number of hydrogen-bond donors (Lipinski definition) is 0. The van der Waals surface area contributed by atoms with Gasteiger partial charge in [0.15, 0.2) is 11.6 Å². The summed E-state index contributed by atoms with van der Waals surface area (Å²) in [5.41, 5.74) is 0. The molecular formula is C16H19FN6O. The number of methoxy groups -OCH3 is 1. The van der Waals surface area contributed by atoms with E-state index in [0.29, 0.717) is 23.6 Å². The number of piperidine rings is 1. The summed E-state index contributed by atoms with van der Waals surface area (Å²) in [6.45, 7) is 2.46. The molecule has 0 aliphatic carbocycles. The molecule has 0 amide bonds. The second kappa shape index (κ2) is 6.18. The predicted molar refractivity (Wildman–Crippen MR) is 86.6 cm³/mol. The number of hydrogen-bond acceptors (Lipinski definition) is 7. The summed E-state index contributed by atoms with van der Waals surface area (Å²) in [6, 6.07) is 1.94. The lowest BCUT2D eigenvalue weighted by Gasteiger charge is -2.38. The zero-order valence-corrected chi connectivity index (χ0v) is 13.5. The molecule has 2 aromatic heterocycles. The fourth-order valence-electron chi connectivity index (χ4n) is 3.70. The maximum atomic E-state index is 14.1. The summed E-state index contributed by atoms with van der Waals surface area (Å²) in [4.78, 5) is 20.9. The van der Waals surface area contributed by atoms with E-state index in [9.17, 15) is 4.39 Å². The van der Waals surface area contributed by atoms with Crippen LogP contribution >= 0.6 is 0 Å². The Kier molecular flexibility index (Phi) is 3.87. The Morgan fingerprint density at radius 1 is 1.25 bits per heavy atom. The van der Waals surface area contributed by atoms with E-state index >= 15 is 0 Å². The van der Waals surface area contributed by atoms with Crippen molar-refractivity contribution in [1.29, 1.82) is 0 Å². The first-order chi connectivity index (χ1) is 11.8. The number of fused-ring (bicyclic) bond motifs is 1. The Labute approximate surface area is 139 Å². The van der Waals surface area contributed by atoms with E-state index in [0.717, 1.165) is 32.5 Å². The molecule has 0 spiro atoms. The van der Waals surface area contributed by atoms with Gasteiger partial charge >= 0.3 is 0 Å². The van der Waals surface area contributed by atoms with Gasteiger partial charge in [-0.05, 0) is 18.8 Å². The molecule has 126 valence electrons. The molecule has 2 saturated heterocycles. The molecule has 7 nitrogen and oxygen atoms in total. The van der Waals surface area contributed by atoms with Crippen LogP contribution in [0.25, 0.3) is 0 Å². The van der Waals surface area contributed by atoms with Crippen LogP contribution in [0.4, 0.5) is 16.2 Å². The van der Waals surface area contributed by atoms with Gasteiger partial charge in [0.25, 0.3) is 0 Å². The molecule has 24 heavy (non-hydrogen) atoms. The van der Waals surface area contributed by atoms with Crippen molar-refractivity contribution < 1.29 is 9.13 Å².